The van der Waals surface area contributed by atoms with Gasteiger partial charge in [0.2, 0.25) is 0 Å². The number of carboxylic acids is 1. The van der Waals surface area contributed by atoms with Crippen molar-refractivity contribution in [2.24, 2.45) is 5.92 Å². The fourth-order valence-electron chi connectivity index (χ4n) is 2.84. The maximum absolute atomic E-state index is 13.0. The molecule has 1 aliphatic rings. The second kappa shape index (κ2) is 7.43. The molecule has 3 rings (SSSR count). The molecule has 0 aliphatic carbocycles. The zero-order chi connectivity index (χ0) is 17.8. The summed E-state index contributed by atoms with van der Waals surface area (Å²) < 4.78 is 18.3. The molecule has 2 unspecified atom stereocenters. The van der Waals surface area contributed by atoms with Gasteiger partial charge in [0.05, 0.1) is 12.3 Å². The van der Waals surface area contributed by atoms with E-state index in [-0.39, 0.29) is 17.4 Å². The van der Waals surface area contributed by atoms with Crippen molar-refractivity contribution in [2.75, 3.05) is 13.2 Å². The van der Waals surface area contributed by atoms with E-state index in [0.717, 1.165) is 6.42 Å². The maximum atomic E-state index is 13.0. The molecule has 0 spiro atoms. The van der Waals surface area contributed by atoms with Gasteiger partial charge in [-0.1, -0.05) is 0 Å². The number of halogens is 1. The summed E-state index contributed by atoms with van der Waals surface area (Å²) in [7, 11) is 0. The number of carboxylic acid groups (broad SMARTS) is 1. The fraction of sp³-hybridized carbons (Fsp3) is 0.353. The molecule has 0 bridgehead atoms. The van der Waals surface area contributed by atoms with Crippen LogP contribution >= 0.6 is 0 Å². The Morgan fingerprint density at radius 2 is 2.12 bits per heavy atom. The molecular formula is C17H18FN3O4. The second-order valence-electron chi connectivity index (χ2n) is 5.94. The van der Waals surface area contributed by atoms with Crippen molar-refractivity contribution in [2.45, 2.75) is 18.9 Å². The molecule has 1 amide bonds. The smallest absolute Gasteiger partial charge is 0.326 e. The molecule has 8 heteroatoms. The van der Waals surface area contributed by atoms with E-state index < -0.39 is 17.9 Å². The number of aliphatic carboxylic acids is 1. The molecule has 1 aromatic carbocycles. The Balaban J connectivity index is 1.71. The summed E-state index contributed by atoms with van der Waals surface area (Å²) in [5.41, 5.74) is 1.26. The highest BCUT2D eigenvalue weighted by Crippen LogP contribution is 2.20. The van der Waals surface area contributed by atoms with Crippen LogP contribution in [-0.2, 0) is 9.53 Å². The summed E-state index contributed by atoms with van der Waals surface area (Å²) in [5, 5.41) is 18.5. The average molecular weight is 347 g/mol. The predicted octanol–water partition coefficient (Wildman–Crippen LogP) is 1.83. The van der Waals surface area contributed by atoms with Gasteiger partial charge in [-0.25, -0.2) is 9.18 Å². The topological polar surface area (TPSA) is 104 Å². The van der Waals surface area contributed by atoms with E-state index in [9.17, 15) is 19.1 Å². The minimum atomic E-state index is -1.10. The Hall–Kier alpha value is -2.74. The van der Waals surface area contributed by atoms with Crippen molar-refractivity contribution in [1.29, 1.82) is 0 Å². The monoisotopic (exact) mass is 347 g/mol. The number of nitrogens with zero attached hydrogens (tertiary/aromatic N) is 1. The lowest BCUT2D eigenvalue weighted by Gasteiger charge is -2.27. The van der Waals surface area contributed by atoms with Crippen LogP contribution in [-0.4, -0.2) is 46.4 Å². The van der Waals surface area contributed by atoms with Crippen molar-refractivity contribution in [3.63, 3.8) is 0 Å². The van der Waals surface area contributed by atoms with Gasteiger partial charge < -0.3 is 15.2 Å². The van der Waals surface area contributed by atoms with Gasteiger partial charge in [-0.05, 0) is 43.2 Å². The maximum Gasteiger partial charge on any atom is 0.326 e. The van der Waals surface area contributed by atoms with Gasteiger partial charge in [0, 0.05) is 18.1 Å². The van der Waals surface area contributed by atoms with Crippen molar-refractivity contribution in [1.82, 2.24) is 15.5 Å². The Labute approximate surface area is 143 Å². The van der Waals surface area contributed by atoms with Crippen molar-refractivity contribution in [3.05, 3.63) is 41.8 Å². The third kappa shape index (κ3) is 4.03. The van der Waals surface area contributed by atoms with E-state index in [4.69, 9.17) is 4.74 Å². The molecule has 2 atom stereocenters. The summed E-state index contributed by atoms with van der Waals surface area (Å²) in [4.78, 5) is 23.8. The van der Waals surface area contributed by atoms with E-state index in [1.54, 1.807) is 12.1 Å². The summed E-state index contributed by atoms with van der Waals surface area (Å²) in [6, 6.07) is 6.17. The molecule has 25 heavy (non-hydrogen) atoms. The van der Waals surface area contributed by atoms with Crippen LogP contribution in [0.5, 0.6) is 0 Å². The van der Waals surface area contributed by atoms with E-state index in [0.29, 0.717) is 30.9 Å². The van der Waals surface area contributed by atoms with E-state index in [1.807, 2.05) is 0 Å². The zero-order valence-corrected chi connectivity index (χ0v) is 13.4. The Morgan fingerprint density at radius 1 is 1.36 bits per heavy atom. The standard InChI is InChI=1S/C17H18FN3O4/c18-12-5-3-10(4-6-12)13-8-14(21-20-13)16(22)19-15(17(23)24)11-2-1-7-25-9-11/h3-6,8,11,15H,1-2,7,9H2,(H,19,22)(H,20,21)(H,23,24). The van der Waals surface area contributed by atoms with Crippen LogP contribution in [0.1, 0.15) is 23.3 Å². The number of nitrogens with one attached hydrogen (secondary N) is 2. The van der Waals surface area contributed by atoms with Gasteiger partial charge in [-0.3, -0.25) is 9.89 Å². The summed E-state index contributed by atoms with van der Waals surface area (Å²) in [6.45, 7) is 0.916. The van der Waals surface area contributed by atoms with Crippen LogP contribution in [0.4, 0.5) is 4.39 Å². The van der Waals surface area contributed by atoms with Gasteiger partial charge in [0.25, 0.3) is 5.91 Å². The number of hydrogen-bond acceptors (Lipinski definition) is 4. The van der Waals surface area contributed by atoms with E-state index >= 15 is 0 Å². The lowest BCUT2D eigenvalue weighted by Crippen LogP contribution is -2.48. The van der Waals surface area contributed by atoms with Gasteiger partial charge >= 0.3 is 5.97 Å². The number of rotatable bonds is 5. The first-order valence-electron chi connectivity index (χ1n) is 7.97. The van der Waals surface area contributed by atoms with Crippen LogP contribution in [0.3, 0.4) is 0 Å². The molecule has 132 valence electrons. The quantitative estimate of drug-likeness (QED) is 0.765. The largest absolute Gasteiger partial charge is 0.480 e. The average Bonchev–Trinajstić information content (AvgIpc) is 3.11. The number of carbonyl (C=O) groups excluding carboxylic acids is 1. The molecule has 0 radical (unpaired) electrons. The van der Waals surface area contributed by atoms with Gasteiger partial charge in [-0.15, -0.1) is 0 Å². The van der Waals surface area contributed by atoms with Crippen LogP contribution in [0.2, 0.25) is 0 Å². The highest BCUT2D eigenvalue weighted by molar-refractivity contribution is 5.95. The SMILES string of the molecule is O=C(NC(C(=O)O)C1CCCOC1)c1cc(-c2ccc(F)cc2)n[nH]1. The van der Waals surface area contributed by atoms with Crippen molar-refractivity contribution >= 4 is 11.9 Å². The normalized spacial score (nSPS) is 18.5. The molecule has 0 saturated carbocycles. The lowest BCUT2D eigenvalue weighted by molar-refractivity contribution is -0.142. The molecule has 1 fully saturated rings. The van der Waals surface area contributed by atoms with Crippen LogP contribution < -0.4 is 5.32 Å². The van der Waals surface area contributed by atoms with Gasteiger partial charge in [0.1, 0.15) is 17.6 Å². The van der Waals surface area contributed by atoms with Crippen LogP contribution in [0.15, 0.2) is 30.3 Å². The predicted molar refractivity (Wildman–Crippen MR) is 86.4 cm³/mol. The summed E-state index contributed by atoms with van der Waals surface area (Å²) in [6.07, 6.45) is 1.45. The fourth-order valence-corrected chi connectivity index (χ4v) is 2.84. The number of aromatic nitrogens is 2. The molecule has 1 aromatic heterocycles. The number of benzene rings is 1. The summed E-state index contributed by atoms with van der Waals surface area (Å²) in [5.74, 6) is -2.29. The summed E-state index contributed by atoms with van der Waals surface area (Å²) >= 11 is 0. The number of carbonyl (C=O) groups is 2. The Bertz CT molecular complexity index is 754. The minimum Gasteiger partial charge on any atom is -0.480 e. The van der Waals surface area contributed by atoms with Crippen LogP contribution in [0.25, 0.3) is 11.3 Å². The second-order valence-corrected chi connectivity index (χ2v) is 5.94. The first-order chi connectivity index (χ1) is 12.0. The van der Waals surface area contributed by atoms with Crippen molar-refractivity contribution < 1.29 is 23.8 Å². The Kier molecular flexibility index (Phi) is 5.08. The lowest BCUT2D eigenvalue weighted by atomic mass is 9.93. The molecular weight excluding hydrogens is 329 g/mol. The minimum absolute atomic E-state index is 0.141. The third-order valence-electron chi connectivity index (χ3n) is 4.18. The molecule has 2 aromatic rings. The zero-order valence-electron chi connectivity index (χ0n) is 13.4. The van der Waals surface area contributed by atoms with E-state index in [2.05, 4.69) is 15.5 Å². The molecule has 2 heterocycles. The number of ether oxygens (including phenoxy) is 1. The highest BCUT2D eigenvalue weighted by atomic mass is 19.1. The number of aromatic amines is 1. The first-order valence-corrected chi connectivity index (χ1v) is 7.97. The Morgan fingerprint density at radius 3 is 2.76 bits per heavy atom. The first kappa shape index (κ1) is 17.1. The van der Waals surface area contributed by atoms with Crippen LogP contribution in [0, 0.1) is 11.7 Å². The molecule has 7 nitrogen and oxygen atoms in total. The number of H-pyrrole nitrogens is 1. The highest BCUT2D eigenvalue weighted by Gasteiger charge is 2.32. The molecule has 3 N–H and O–H groups in total. The number of amides is 1. The van der Waals surface area contributed by atoms with E-state index in [1.165, 1.54) is 18.2 Å². The van der Waals surface area contributed by atoms with Crippen molar-refractivity contribution in [3.8, 4) is 11.3 Å². The number of hydrogen-bond donors (Lipinski definition) is 3. The molecule has 1 aliphatic heterocycles. The van der Waals surface area contributed by atoms with Gasteiger partial charge in [-0.2, -0.15) is 5.10 Å². The van der Waals surface area contributed by atoms with Gasteiger partial charge in [0.15, 0.2) is 0 Å². The third-order valence-corrected chi connectivity index (χ3v) is 4.18. The molecule has 1 saturated heterocycles.